The summed E-state index contributed by atoms with van der Waals surface area (Å²) in [6, 6.07) is 11.0. The molecule has 0 aliphatic carbocycles. The third-order valence-electron chi connectivity index (χ3n) is 6.47. The van der Waals surface area contributed by atoms with Gasteiger partial charge in [0.1, 0.15) is 5.76 Å². The first-order valence-electron chi connectivity index (χ1n) is 13.5. The molecule has 3 aromatic heterocycles. The average Bonchev–Trinajstić information content (AvgIpc) is 3.58. The third kappa shape index (κ3) is 7.25. The van der Waals surface area contributed by atoms with Crippen molar-refractivity contribution in [2.45, 2.75) is 39.0 Å². The molecule has 1 aliphatic rings. The molecule has 1 N–H and O–H groups in total. The summed E-state index contributed by atoms with van der Waals surface area (Å²) < 4.78 is 18.3. The van der Waals surface area contributed by atoms with Crippen molar-refractivity contribution >= 4 is 17.2 Å². The van der Waals surface area contributed by atoms with Crippen molar-refractivity contribution in [3.63, 3.8) is 0 Å². The first-order chi connectivity index (χ1) is 19.3. The van der Waals surface area contributed by atoms with Gasteiger partial charge in [-0.15, -0.1) is 0 Å². The van der Waals surface area contributed by atoms with Crippen LogP contribution in [0.1, 0.15) is 49.8 Å². The Morgan fingerprint density at radius 1 is 1.12 bits per heavy atom. The highest BCUT2D eigenvalue weighted by Gasteiger charge is 2.20. The van der Waals surface area contributed by atoms with Gasteiger partial charge in [-0.05, 0) is 30.7 Å². The lowest BCUT2D eigenvalue weighted by Gasteiger charge is -2.26. The molecular formula is C30H34N6O4. The van der Waals surface area contributed by atoms with E-state index in [4.69, 9.17) is 14.0 Å². The SMILES string of the molecule is CC(C)(C)c1cc(CC(=O)Nc2ccc(C#Cc3cnn4ccc(OCCCN5CCOCC5)nc34)cc2)no1. The summed E-state index contributed by atoms with van der Waals surface area (Å²) in [7, 11) is 0. The maximum atomic E-state index is 12.5. The predicted octanol–water partition coefficient (Wildman–Crippen LogP) is 3.70. The van der Waals surface area contributed by atoms with E-state index < -0.39 is 0 Å². The number of carbonyl (C=O) groups is 1. The van der Waals surface area contributed by atoms with Gasteiger partial charge in [0.05, 0.1) is 43.7 Å². The number of rotatable bonds is 8. The van der Waals surface area contributed by atoms with E-state index in [9.17, 15) is 4.79 Å². The second-order valence-electron chi connectivity index (χ2n) is 10.7. The summed E-state index contributed by atoms with van der Waals surface area (Å²) in [5.41, 5.74) is 3.29. The quantitative estimate of drug-likeness (QED) is 0.265. The lowest BCUT2D eigenvalue weighted by atomic mass is 9.93. The number of amides is 1. The van der Waals surface area contributed by atoms with Gasteiger partial charge in [0.15, 0.2) is 5.65 Å². The van der Waals surface area contributed by atoms with Crippen LogP contribution in [0.4, 0.5) is 5.69 Å². The van der Waals surface area contributed by atoms with Crippen LogP contribution in [0.2, 0.25) is 0 Å². The highest BCUT2D eigenvalue weighted by molar-refractivity contribution is 5.92. The van der Waals surface area contributed by atoms with E-state index in [0.29, 0.717) is 35.1 Å². The van der Waals surface area contributed by atoms with Crippen LogP contribution < -0.4 is 10.1 Å². The highest BCUT2D eigenvalue weighted by atomic mass is 16.5. The number of ether oxygens (including phenoxy) is 2. The number of aromatic nitrogens is 4. The van der Waals surface area contributed by atoms with Crippen molar-refractivity contribution in [2.75, 3.05) is 44.8 Å². The van der Waals surface area contributed by atoms with Gasteiger partial charge in [-0.25, -0.2) is 4.52 Å². The Labute approximate surface area is 233 Å². The molecule has 0 radical (unpaired) electrons. The largest absolute Gasteiger partial charge is 0.478 e. The molecule has 1 fully saturated rings. The Morgan fingerprint density at radius 2 is 1.93 bits per heavy atom. The van der Waals surface area contributed by atoms with Crippen LogP contribution in [0.3, 0.4) is 0 Å². The zero-order valence-corrected chi connectivity index (χ0v) is 23.1. The van der Waals surface area contributed by atoms with Gasteiger partial charge in [0, 0.05) is 54.6 Å². The van der Waals surface area contributed by atoms with E-state index in [-0.39, 0.29) is 17.7 Å². The molecule has 0 spiro atoms. The van der Waals surface area contributed by atoms with Gasteiger partial charge in [-0.1, -0.05) is 37.8 Å². The Balaban J connectivity index is 1.15. The van der Waals surface area contributed by atoms with Gasteiger partial charge in [-0.3, -0.25) is 9.69 Å². The van der Waals surface area contributed by atoms with Crippen molar-refractivity contribution in [3.05, 3.63) is 71.4 Å². The fraction of sp³-hybridized carbons (Fsp3) is 0.400. The van der Waals surface area contributed by atoms with E-state index in [0.717, 1.165) is 50.6 Å². The first kappa shape index (κ1) is 27.4. The minimum atomic E-state index is -0.163. The number of benzene rings is 1. The number of carbonyl (C=O) groups excluding carboxylic acids is 1. The number of fused-ring (bicyclic) bond motifs is 1. The number of morpholine rings is 1. The lowest BCUT2D eigenvalue weighted by Crippen LogP contribution is -2.37. The Morgan fingerprint density at radius 3 is 2.67 bits per heavy atom. The van der Waals surface area contributed by atoms with Crippen LogP contribution >= 0.6 is 0 Å². The minimum absolute atomic E-state index is 0.141. The molecule has 40 heavy (non-hydrogen) atoms. The normalized spacial score (nSPS) is 14.1. The molecule has 208 valence electrons. The Bertz CT molecular complexity index is 1500. The summed E-state index contributed by atoms with van der Waals surface area (Å²) >= 11 is 0. The monoisotopic (exact) mass is 542 g/mol. The third-order valence-corrected chi connectivity index (χ3v) is 6.47. The van der Waals surface area contributed by atoms with Crippen LogP contribution in [-0.4, -0.2) is 70.0 Å². The Hall–Kier alpha value is -4.20. The zero-order chi connectivity index (χ0) is 28.0. The van der Waals surface area contributed by atoms with Crippen molar-refractivity contribution in [1.82, 2.24) is 24.7 Å². The van der Waals surface area contributed by atoms with Crippen molar-refractivity contribution in [1.29, 1.82) is 0 Å². The zero-order valence-electron chi connectivity index (χ0n) is 23.1. The minimum Gasteiger partial charge on any atom is -0.478 e. The van der Waals surface area contributed by atoms with E-state index in [1.54, 1.807) is 10.7 Å². The average molecular weight is 543 g/mol. The van der Waals surface area contributed by atoms with E-state index in [1.807, 2.05) is 63.4 Å². The topological polar surface area (TPSA) is 107 Å². The highest BCUT2D eigenvalue weighted by Crippen LogP contribution is 2.23. The van der Waals surface area contributed by atoms with Crippen LogP contribution in [0.15, 0.2) is 53.3 Å². The molecule has 10 nitrogen and oxygen atoms in total. The molecule has 5 rings (SSSR count). The number of nitrogens with zero attached hydrogens (tertiary/aromatic N) is 5. The predicted molar refractivity (Wildman–Crippen MR) is 150 cm³/mol. The van der Waals surface area contributed by atoms with Gasteiger partial charge < -0.3 is 19.3 Å². The summed E-state index contributed by atoms with van der Waals surface area (Å²) in [5.74, 6) is 7.45. The van der Waals surface area contributed by atoms with Crippen molar-refractivity contribution < 1.29 is 18.8 Å². The van der Waals surface area contributed by atoms with E-state index in [1.165, 1.54) is 0 Å². The van der Waals surface area contributed by atoms with Gasteiger partial charge in [0.2, 0.25) is 11.8 Å². The molecule has 1 amide bonds. The van der Waals surface area contributed by atoms with Crippen LogP contribution in [0, 0.1) is 11.8 Å². The van der Waals surface area contributed by atoms with Crippen LogP contribution in [0.5, 0.6) is 5.88 Å². The number of hydrogen-bond donors (Lipinski definition) is 1. The molecule has 4 heterocycles. The van der Waals surface area contributed by atoms with E-state index >= 15 is 0 Å². The molecule has 4 aromatic rings. The smallest absolute Gasteiger partial charge is 0.230 e. The molecule has 1 aromatic carbocycles. The maximum absolute atomic E-state index is 12.5. The molecule has 1 saturated heterocycles. The molecule has 0 saturated carbocycles. The van der Waals surface area contributed by atoms with Crippen molar-refractivity contribution in [2.24, 2.45) is 0 Å². The van der Waals surface area contributed by atoms with Crippen LogP contribution in [0.25, 0.3) is 5.65 Å². The lowest BCUT2D eigenvalue weighted by molar-refractivity contribution is -0.115. The van der Waals surface area contributed by atoms with Gasteiger partial charge >= 0.3 is 0 Å². The molecule has 0 bridgehead atoms. The number of hydrogen-bond acceptors (Lipinski definition) is 8. The van der Waals surface area contributed by atoms with Gasteiger partial charge in [0.25, 0.3) is 0 Å². The maximum Gasteiger partial charge on any atom is 0.230 e. The molecule has 1 aliphatic heterocycles. The summed E-state index contributed by atoms with van der Waals surface area (Å²) in [5, 5.41) is 11.2. The van der Waals surface area contributed by atoms with Crippen molar-refractivity contribution in [3.8, 4) is 17.7 Å². The molecule has 10 heteroatoms. The first-order valence-corrected chi connectivity index (χ1v) is 13.5. The van der Waals surface area contributed by atoms with E-state index in [2.05, 4.69) is 37.3 Å². The second-order valence-corrected chi connectivity index (χ2v) is 10.7. The molecule has 0 unspecified atom stereocenters. The Kier molecular flexibility index (Phi) is 8.43. The standard InChI is InChI=1S/C30H34N6O4/c1-30(2,3)26-19-25(34-40-26)20-27(37)32-24-9-6-22(7-10-24)5-8-23-21-31-36-13-11-28(33-29(23)36)39-16-4-12-35-14-17-38-18-15-35/h6-7,9-11,13,19,21H,4,12,14-18,20H2,1-3H3,(H,32,37). The summed E-state index contributed by atoms with van der Waals surface area (Å²) in [6.45, 7) is 11.2. The number of anilines is 1. The van der Waals surface area contributed by atoms with Crippen LogP contribution in [-0.2, 0) is 21.4 Å². The fourth-order valence-corrected chi connectivity index (χ4v) is 4.21. The fourth-order valence-electron chi connectivity index (χ4n) is 4.21. The second kappa shape index (κ2) is 12.3. The molecular weight excluding hydrogens is 508 g/mol. The summed E-state index contributed by atoms with van der Waals surface area (Å²) in [4.78, 5) is 19.5. The summed E-state index contributed by atoms with van der Waals surface area (Å²) in [6.07, 6.45) is 4.59. The number of nitrogens with one attached hydrogen (secondary N) is 1. The van der Waals surface area contributed by atoms with Gasteiger partial charge in [-0.2, -0.15) is 10.1 Å². The molecule has 0 atom stereocenters.